The van der Waals surface area contributed by atoms with Gasteiger partial charge in [0.05, 0.1) is 22.6 Å². The highest BCUT2D eigenvalue weighted by Crippen LogP contribution is 2.23. The van der Waals surface area contributed by atoms with Crippen LogP contribution in [0.2, 0.25) is 0 Å². The van der Waals surface area contributed by atoms with Crippen molar-refractivity contribution in [2.45, 2.75) is 6.92 Å². The van der Waals surface area contributed by atoms with Gasteiger partial charge >= 0.3 is 0 Å². The summed E-state index contributed by atoms with van der Waals surface area (Å²) in [6, 6.07) is 13.9. The average Bonchev–Trinajstić information content (AvgIpc) is 2.90. The maximum absolute atomic E-state index is 5.62. The molecule has 4 nitrogen and oxygen atoms in total. The van der Waals surface area contributed by atoms with Gasteiger partial charge in [-0.15, -0.1) is 11.6 Å². The second kappa shape index (κ2) is 5.58. The summed E-state index contributed by atoms with van der Waals surface area (Å²) < 4.78 is 0. The van der Waals surface area contributed by atoms with Gasteiger partial charge in [-0.05, 0) is 48.9 Å². The number of nitrogens with zero attached hydrogens (tertiary/aromatic N) is 2. The van der Waals surface area contributed by atoms with Gasteiger partial charge in [-0.1, -0.05) is 6.07 Å². The topological polar surface area (TPSA) is 67.1 Å². The molecular formula is C16H15ClN4. The zero-order valence-corrected chi connectivity index (χ0v) is 12.4. The SMILES string of the molecule is Cc1ccc2nc(-c3ccc(N=C(N)CCl)cc3)[nH]c2c1. The quantitative estimate of drug-likeness (QED) is 0.439. The molecule has 0 amide bonds. The van der Waals surface area contributed by atoms with Gasteiger partial charge in [0.2, 0.25) is 0 Å². The molecule has 0 aliphatic carbocycles. The van der Waals surface area contributed by atoms with E-state index in [1.54, 1.807) is 0 Å². The first-order valence-electron chi connectivity index (χ1n) is 6.61. The Labute approximate surface area is 127 Å². The van der Waals surface area contributed by atoms with Gasteiger partial charge in [0.15, 0.2) is 0 Å². The van der Waals surface area contributed by atoms with Gasteiger partial charge in [-0.3, -0.25) is 0 Å². The van der Waals surface area contributed by atoms with Crippen molar-refractivity contribution in [3.05, 3.63) is 48.0 Å². The van der Waals surface area contributed by atoms with Crippen LogP contribution in [0.25, 0.3) is 22.4 Å². The van der Waals surface area contributed by atoms with Crippen molar-refractivity contribution in [1.29, 1.82) is 0 Å². The Kier molecular flexibility index (Phi) is 3.62. The molecule has 0 unspecified atom stereocenters. The fraction of sp³-hybridized carbons (Fsp3) is 0.125. The summed E-state index contributed by atoms with van der Waals surface area (Å²) in [7, 11) is 0. The molecule has 0 fully saturated rings. The lowest BCUT2D eigenvalue weighted by Gasteiger charge is -1.99. The van der Waals surface area contributed by atoms with Crippen LogP contribution in [0, 0.1) is 6.92 Å². The molecule has 2 aromatic carbocycles. The van der Waals surface area contributed by atoms with E-state index in [1.807, 2.05) is 30.3 Å². The number of amidine groups is 1. The van der Waals surface area contributed by atoms with Crippen LogP contribution in [0.3, 0.4) is 0 Å². The van der Waals surface area contributed by atoms with Crippen LogP contribution < -0.4 is 5.73 Å². The predicted molar refractivity (Wildman–Crippen MR) is 88.3 cm³/mol. The Balaban J connectivity index is 1.95. The molecule has 0 spiro atoms. The van der Waals surface area contributed by atoms with E-state index in [-0.39, 0.29) is 5.88 Å². The van der Waals surface area contributed by atoms with Crippen molar-refractivity contribution in [3.8, 4) is 11.4 Å². The highest BCUT2D eigenvalue weighted by atomic mass is 35.5. The van der Waals surface area contributed by atoms with Crippen molar-refractivity contribution in [1.82, 2.24) is 9.97 Å². The summed E-state index contributed by atoms with van der Waals surface area (Å²) in [5.74, 6) is 1.48. The fourth-order valence-electron chi connectivity index (χ4n) is 2.15. The molecule has 0 aliphatic rings. The fourth-order valence-corrected chi connectivity index (χ4v) is 2.21. The third-order valence-corrected chi connectivity index (χ3v) is 3.46. The molecule has 3 rings (SSSR count). The Morgan fingerprint density at radius 3 is 2.71 bits per heavy atom. The van der Waals surface area contributed by atoms with Crippen LogP contribution in [-0.2, 0) is 0 Å². The van der Waals surface area contributed by atoms with E-state index in [0.29, 0.717) is 5.84 Å². The standard InChI is InChI=1S/C16H15ClN4/c1-10-2-7-13-14(8-10)21-16(20-13)11-3-5-12(6-4-11)19-15(18)9-17/h2-8H,9H2,1H3,(H2,18,19)(H,20,21). The number of rotatable bonds is 3. The first-order valence-corrected chi connectivity index (χ1v) is 7.15. The lowest BCUT2D eigenvalue weighted by molar-refractivity contribution is 1.33. The number of halogens is 1. The van der Waals surface area contributed by atoms with Crippen LogP contribution in [-0.4, -0.2) is 21.7 Å². The molecule has 0 saturated heterocycles. The second-order valence-corrected chi connectivity index (χ2v) is 5.16. The summed E-state index contributed by atoms with van der Waals surface area (Å²) in [5, 5.41) is 0. The monoisotopic (exact) mass is 298 g/mol. The van der Waals surface area contributed by atoms with Gasteiger partial charge < -0.3 is 10.7 Å². The highest BCUT2D eigenvalue weighted by Gasteiger charge is 2.05. The molecule has 0 radical (unpaired) electrons. The number of H-pyrrole nitrogens is 1. The smallest absolute Gasteiger partial charge is 0.138 e. The van der Waals surface area contributed by atoms with E-state index in [9.17, 15) is 0 Å². The number of fused-ring (bicyclic) bond motifs is 1. The number of nitrogens with two attached hydrogens (primary N) is 1. The van der Waals surface area contributed by atoms with E-state index >= 15 is 0 Å². The van der Waals surface area contributed by atoms with E-state index in [0.717, 1.165) is 28.1 Å². The zero-order valence-electron chi connectivity index (χ0n) is 11.6. The van der Waals surface area contributed by atoms with Crippen molar-refractivity contribution >= 4 is 34.2 Å². The number of benzene rings is 2. The molecule has 3 aromatic rings. The first kappa shape index (κ1) is 13.6. The van der Waals surface area contributed by atoms with E-state index in [2.05, 4.69) is 34.0 Å². The molecule has 0 saturated carbocycles. The lowest BCUT2D eigenvalue weighted by atomic mass is 10.2. The Morgan fingerprint density at radius 2 is 2.00 bits per heavy atom. The average molecular weight is 299 g/mol. The van der Waals surface area contributed by atoms with Crippen LogP contribution in [0.5, 0.6) is 0 Å². The minimum atomic E-state index is 0.227. The number of hydrogen-bond acceptors (Lipinski definition) is 2. The Morgan fingerprint density at radius 1 is 1.24 bits per heavy atom. The molecule has 106 valence electrons. The maximum Gasteiger partial charge on any atom is 0.138 e. The van der Waals surface area contributed by atoms with Gasteiger partial charge in [0, 0.05) is 5.56 Å². The summed E-state index contributed by atoms with van der Waals surface area (Å²) in [4.78, 5) is 12.1. The normalized spacial score (nSPS) is 12.0. The molecule has 1 aromatic heterocycles. The number of aliphatic imine (C=N–C) groups is 1. The third kappa shape index (κ3) is 2.90. The largest absolute Gasteiger partial charge is 0.386 e. The molecule has 0 atom stereocenters. The van der Waals surface area contributed by atoms with Gasteiger partial charge in [0.1, 0.15) is 11.7 Å². The summed E-state index contributed by atoms with van der Waals surface area (Å²) in [6.07, 6.45) is 0. The number of aromatic amines is 1. The first-order chi connectivity index (χ1) is 10.2. The molecule has 1 heterocycles. The summed E-state index contributed by atoms with van der Waals surface area (Å²) in [5.41, 5.74) is 10.6. The van der Waals surface area contributed by atoms with Crippen molar-refractivity contribution in [2.24, 2.45) is 10.7 Å². The zero-order chi connectivity index (χ0) is 14.8. The van der Waals surface area contributed by atoms with Crippen molar-refractivity contribution in [3.63, 3.8) is 0 Å². The van der Waals surface area contributed by atoms with Gasteiger partial charge in [0.25, 0.3) is 0 Å². The molecule has 3 N–H and O–H groups in total. The third-order valence-electron chi connectivity index (χ3n) is 3.19. The van der Waals surface area contributed by atoms with Gasteiger partial charge in [-0.2, -0.15) is 0 Å². The molecular weight excluding hydrogens is 284 g/mol. The lowest BCUT2D eigenvalue weighted by Crippen LogP contribution is -2.12. The number of nitrogens with one attached hydrogen (secondary N) is 1. The number of alkyl halides is 1. The number of aromatic nitrogens is 2. The molecule has 5 heteroatoms. The Hall–Kier alpha value is -2.33. The summed E-state index contributed by atoms with van der Waals surface area (Å²) >= 11 is 5.62. The number of aryl methyl sites for hydroxylation is 1. The summed E-state index contributed by atoms with van der Waals surface area (Å²) in [6.45, 7) is 2.06. The van der Waals surface area contributed by atoms with Crippen molar-refractivity contribution in [2.75, 3.05) is 5.88 Å². The minimum Gasteiger partial charge on any atom is -0.386 e. The van der Waals surface area contributed by atoms with Crippen LogP contribution in [0.1, 0.15) is 5.56 Å². The van der Waals surface area contributed by atoms with Gasteiger partial charge in [-0.25, -0.2) is 9.98 Å². The molecule has 21 heavy (non-hydrogen) atoms. The maximum atomic E-state index is 5.62. The molecule has 0 aliphatic heterocycles. The Bertz CT molecular complexity index is 803. The predicted octanol–water partition coefficient (Wildman–Crippen LogP) is 3.77. The highest BCUT2D eigenvalue weighted by molar-refractivity contribution is 6.28. The van der Waals surface area contributed by atoms with Crippen LogP contribution in [0.4, 0.5) is 5.69 Å². The van der Waals surface area contributed by atoms with E-state index < -0.39 is 0 Å². The van der Waals surface area contributed by atoms with Crippen LogP contribution in [0.15, 0.2) is 47.5 Å². The number of imidazole rings is 1. The minimum absolute atomic E-state index is 0.227. The molecule has 0 bridgehead atoms. The number of hydrogen-bond donors (Lipinski definition) is 2. The second-order valence-electron chi connectivity index (χ2n) is 4.89. The van der Waals surface area contributed by atoms with Crippen LogP contribution >= 0.6 is 11.6 Å². The van der Waals surface area contributed by atoms with Crippen molar-refractivity contribution < 1.29 is 0 Å². The van der Waals surface area contributed by atoms with E-state index in [1.165, 1.54) is 5.56 Å². The van der Waals surface area contributed by atoms with E-state index in [4.69, 9.17) is 17.3 Å².